The minimum absolute atomic E-state index is 0. The average molecular weight is 321 g/mol. The van der Waals surface area contributed by atoms with Gasteiger partial charge in [0.05, 0.1) is 11.7 Å². The van der Waals surface area contributed by atoms with E-state index in [1.165, 1.54) is 16.3 Å². The topological polar surface area (TPSA) is 15.6 Å². The second-order valence-corrected chi connectivity index (χ2v) is 6.23. The highest BCUT2D eigenvalue weighted by Gasteiger charge is 2.25. The summed E-state index contributed by atoms with van der Waals surface area (Å²) in [5.41, 5.74) is 2.49. The minimum Gasteiger partial charge on any atom is -0.355 e. The zero-order chi connectivity index (χ0) is 13.9. The lowest BCUT2D eigenvalue weighted by Gasteiger charge is -2.28. The predicted octanol–water partition coefficient (Wildman–Crippen LogP) is 5.23. The van der Waals surface area contributed by atoms with Crippen LogP contribution in [-0.2, 0) is 6.42 Å². The molecule has 2 nitrogen and oxygen atoms in total. The zero-order valence-corrected chi connectivity index (χ0v) is 14.1. The first-order chi connectivity index (χ1) is 9.79. The maximum atomic E-state index is 4.92. The second kappa shape index (κ2) is 7.10. The van der Waals surface area contributed by atoms with Gasteiger partial charge in [0.1, 0.15) is 5.84 Å². The van der Waals surface area contributed by atoms with Crippen molar-refractivity contribution >= 4 is 35.3 Å². The molecular formula is C17H21ClN2S. The zero-order valence-electron chi connectivity index (χ0n) is 12.5. The monoisotopic (exact) mass is 320 g/mol. The van der Waals surface area contributed by atoms with E-state index in [0.29, 0.717) is 6.04 Å². The summed E-state index contributed by atoms with van der Waals surface area (Å²) in [6.07, 6.45) is 3.19. The van der Waals surface area contributed by atoms with Gasteiger partial charge in [0.25, 0.3) is 0 Å². The molecule has 0 saturated heterocycles. The van der Waals surface area contributed by atoms with E-state index in [1.54, 1.807) is 0 Å². The number of aliphatic imine (C=N–C) groups is 1. The van der Waals surface area contributed by atoms with Crippen molar-refractivity contribution in [2.75, 3.05) is 7.05 Å². The molecule has 0 amide bonds. The van der Waals surface area contributed by atoms with Gasteiger partial charge in [-0.25, -0.2) is 4.99 Å². The largest absolute Gasteiger partial charge is 0.355 e. The quantitative estimate of drug-likeness (QED) is 0.756. The Kier molecular flexibility index (Phi) is 5.43. The molecule has 0 bridgehead atoms. The number of benzene rings is 1. The fraction of sp³-hybridized carbons (Fsp3) is 0.353. The van der Waals surface area contributed by atoms with Gasteiger partial charge in [-0.1, -0.05) is 31.2 Å². The average Bonchev–Trinajstić information content (AvgIpc) is 2.94. The third-order valence-corrected chi connectivity index (χ3v) is 4.85. The van der Waals surface area contributed by atoms with Gasteiger partial charge in [-0.05, 0) is 35.9 Å². The van der Waals surface area contributed by atoms with Crippen LogP contribution in [0.2, 0.25) is 0 Å². The van der Waals surface area contributed by atoms with Gasteiger partial charge in [-0.3, -0.25) is 0 Å². The first-order valence-electron chi connectivity index (χ1n) is 7.21. The minimum atomic E-state index is 0. The summed E-state index contributed by atoms with van der Waals surface area (Å²) in [5, 5.41) is 2.16. The number of likely N-dealkylation sites (N-methyl/N-ethyl adjacent to an activating group) is 1. The van der Waals surface area contributed by atoms with Crippen LogP contribution in [-0.4, -0.2) is 17.8 Å². The SMILES string of the molecule is CCCC1=Nc2ccccc2CC(c2cccs2)N1C.Cl. The molecule has 0 aliphatic carbocycles. The maximum absolute atomic E-state index is 4.92. The van der Waals surface area contributed by atoms with E-state index in [0.717, 1.165) is 24.9 Å². The number of halogens is 1. The van der Waals surface area contributed by atoms with Crippen LogP contribution < -0.4 is 0 Å². The van der Waals surface area contributed by atoms with E-state index >= 15 is 0 Å². The number of nitrogens with zero attached hydrogens (tertiary/aromatic N) is 2. The Morgan fingerprint density at radius 2 is 2.05 bits per heavy atom. The van der Waals surface area contributed by atoms with Crippen molar-refractivity contribution in [1.29, 1.82) is 0 Å². The van der Waals surface area contributed by atoms with E-state index in [9.17, 15) is 0 Å². The summed E-state index contributed by atoms with van der Waals surface area (Å²) in [7, 11) is 2.19. The highest BCUT2D eigenvalue weighted by atomic mass is 35.5. The molecule has 4 heteroatoms. The summed E-state index contributed by atoms with van der Waals surface area (Å²) >= 11 is 1.84. The lowest BCUT2D eigenvalue weighted by Crippen LogP contribution is -2.30. The maximum Gasteiger partial charge on any atom is 0.105 e. The Hall–Kier alpha value is -1.32. The fourth-order valence-corrected chi connectivity index (χ4v) is 3.63. The number of para-hydroxylation sites is 1. The molecule has 0 fully saturated rings. The summed E-state index contributed by atoms with van der Waals surface area (Å²) in [6.45, 7) is 2.22. The highest BCUT2D eigenvalue weighted by Crippen LogP contribution is 2.35. The first kappa shape index (κ1) is 16.1. The molecule has 1 aromatic carbocycles. The van der Waals surface area contributed by atoms with Gasteiger partial charge in [0, 0.05) is 18.3 Å². The van der Waals surface area contributed by atoms with E-state index in [2.05, 4.69) is 60.6 Å². The molecule has 0 N–H and O–H groups in total. The Labute approximate surface area is 136 Å². The van der Waals surface area contributed by atoms with Crippen LogP contribution in [0.1, 0.15) is 36.2 Å². The van der Waals surface area contributed by atoms with Crippen molar-refractivity contribution in [3.63, 3.8) is 0 Å². The lowest BCUT2D eigenvalue weighted by molar-refractivity contribution is 0.374. The number of amidine groups is 1. The molecule has 21 heavy (non-hydrogen) atoms. The van der Waals surface area contributed by atoms with Crippen molar-refractivity contribution in [2.24, 2.45) is 4.99 Å². The summed E-state index contributed by atoms with van der Waals surface area (Å²) in [5.74, 6) is 1.20. The molecule has 112 valence electrons. The molecule has 1 aliphatic heterocycles. The van der Waals surface area contributed by atoms with Crippen LogP contribution in [0.25, 0.3) is 0 Å². The molecule has 1 atom stereocenters. The number of rotatable bonds is 3. The number of thiophene rings is 1. The van der Waals surface area contributed by atoms with E-state index in [1.807, 2.05) is 11.3 Å². The van der Waals surface area contributed by atoms with Crippen molar-refractivity contribution in [3.8, 4) is 0 Å². The summed E-state index contributed by atoms with van der Waals surface area (Å²) < 4.78 is 0. The molecule has 3 rings (SSSR count). The Morgan fingerprint density at radius 1 is 1.24 bits per heavy atom. The molecule has 2 heterocycles. The van der Waals surface area contributed by atoms with Crippen LogP contribution in [0.5, 0.6) is 0 Å². The van der Waals surface area contributed by atoms with Gasteiger partial charge < -0.3 is 4.90 Å². The predicted molar refractivity (Wildman–Crippen MR) is 94.2 cm³/mol. The lowest BCUT2D eigenvalue weighted by atomic mass is 10.0. The fourth-order valence-electron chi connectivity index (χ4n) is 2.76. The van der Waals surface area contributed by atoms with Crippen molar-refractivity contribution in [1.82, 2.24) is 4.90 Å². The second-order valence-electron chi connectivity index (χ2n) is 5.25. The molecule has 1 aromatic heterocycles. The van der Waals surface area contributed by atoms with Crippen LogP contribution >= 0.6 is 23.7 Å². The van der Waals surface area contributed by atoms with E-state index < -0.39 is 0 Å². The van der Waals surface area contributed by atoms with Gasteiger partial charge in [-0.15, -0.1) is 23.7 Å². The standard InChI is InChI=1S/C17H20N2S.ClH/c1-3-7-17-18-14-9-5-4-8-13(14)12-15(19(17)2)16-10-6-11-20-16;/h4-6,8-11,15H,3,7,12H2,1-2H3;1H. The molecule has 1 unspecified atom stereocenters. The Bertz CT molecular complexity index is 607. The van der Waals surface area contributed by atoms with Gasteiger partial charge in [-0.2, -0.15) is 0 Å². The third-order valence-electron chi connectivity index (χ3n) is 3.87. The van der Waals surface area contributed by atoms with Gasteiger partial charge in [0.2, 0.25) is 0 Å². The van der Waals surface area contributed by atoms with Crippen LogP contribution in [0.3, 0.4) is 0 Å². The smallest absolute Gasteiger partial charge is 0.105 e. The molecule has 2 aromatic rings. The van der Waals surface area contributed by atoms with Crippen LogP contribution in [0.4, 0.5) is 5.69 Å². The Balaban J connectivity index is 0.00000161. The van der Waals surface area contributed by atoms with Crippen LogP contribution in [0.15, 0.2) is 46.8 Å². The third kappa shape index (κ3) is 3.30. The number of hydrogen-bond donors (Lipinski definition) is 0. The molecular weight excluding hydrogens is 300 g/mol. The Morgan fingerprint density at radius 3 is 2.76 bits per heavy atom. The first-order valence-corrected chi connectivity index (χ1v) is 8.09. The molecule has 0 saturated carbocycles. The van der Waals surface area contributed by atoms with Crippen LogP contribution in [0, 0.1) is 0 Å². The molecule has 0 spiro atoms. The molecule has 0 radical (unpaired) electrons. The van der Waals surface area contributed by atoms with Crippen molar-refractivity contribution in [3.05, 3.63) is 52.2 Å². The number of hydrogen-bond acceptors (Lipinski definition) is 3. The number of fused-ring (bicyclic) bond motifs is 1. The van der Waals surface area contributed by atoms with Crippen molar-refractivity contribution in [2.45, 2.75) is 32.2 Å². The van der Waals surface area contributed by atoms with Crippen molar-refractivity contribution < 1.29 is 0 Å². The van der Waals surface area contributed by atoms with Gasteiger partial charge in [0.15, 0.2) is 0 Å². The highest BCUT2D eigenvalue weighted by molar-refractivity contribution is 7.10. The summed E-state index contributed by atoms with van der Waals surface area (Å²) in [6, 6.07) is 13.3. The normalized spacial score (nSPS) is 17.5. The van der Waals surface area contributed by atoms with E-state index in [-0.39, 0.29) is 12.4 Å². The van der Waals surface area contributed by atoms with Gasteiger partial charge >= 0.3 is 0 Å². The summed E-state index contributed by atoms with van der Waals surface area (Å²) in [4.78, 5) is 8.71. The molecule has 1 aliphatic rings. The van der Waals surface area contributed by atoms with E-state index in [4.69, 9.17) is 4.99 Å².